The minimum Gasteiger partial charge on any atom is -0.870 e. The molecule has 0 atom stereocenters. The summed E-state index contributed by atoms with van der Waals surface area (Å²) in [5.74, 6) is -0.605. The average molecular weight is 517 g/mol. The third-order valence-corrected chi connectivity index (χ3v) is 5.78. The molecule has 6 nitrogen and oxygen atoms in total. The van der Waals surface area contributed by atoms with E-state index in [4.69, 9.17) is 42.4 Å². The molecule has 0 aliphatic carbocycles. The fourth-order valence-electron chi connectivity index (χ4n) is 2.15. The van der Waals surface area contributed by atoms with Crippen LogP contribution in [0.25, 0.3) is 20.2 Å². The molecule has 0 bridgehead atoms. The second-order valence-electron chi connectivity index (χ2n) is 5.00. The summed E-state index contributed by atoms with van der Waals surface area (Å²) in [7, 11) is 0. The first-order chi connectivity index (χ1) is 13.8. The predicted molar refractivity (Wildman–Crippen MR) is 114 cm³/mol. The van der Waals surface area contributed by atoms with E-state index in [1.165, 1.54) is 22.7 Å². The van der Waals surface area contributed by atoms with Crippen molar-refractivity contribution in [3.63, 3.8) is 0 Å². The van der Waals surface area contributed by atoms with Gasteiger partial charge in [-0.3, -0.25) is 0 Å². The summed E-state index contributed by atoms with van der Waals surface area (Å²) < 4.78 is 27.7. The SMILES string of the molecule is Cc1cc2ccc(Cl)c(F)c2s1.Fc1c(Cl)ccc2ccsc12.O.O=C=O.O=C=O.[Li+].[OH-]. The Morgan fingerprint density at radius 3 is 1.75 bits per heavy atom. The van der Waals surface area contributed by atoms with Crippen LogP contribution in [-0.2, 0) is 19.2 Å². The van der Waals surface area contributed by atoms with Crippen LogP contribution in [0.15, 0.2) is 41.8 Å². The van der Waals surface area contributed by atoms with Gasteiger partial charge in [0.15, 0.2) is 11.6 Å². The monoisotopic (exact) mass is 516 g/mol. The normalized spacial score (nSPS) is 8.28. The molecule has 4 aromatic rings. The topological polar surface area (TPSA) is 130 Å². The number of benzene rings is 2. The molecule has 0 spiro atoms. The molecule has 2 heterocycles. The molecule has 13 heteroatoms. The molecule has 0 saturated carbocycles. The van der Waals surface area contributed by atoms with Gasteiger partial charge >= 0.3 is 31.2 Å². The summed E-state index contributed by atoms with van der Waals surface area (Å²) >= 11 is 14.0. The van der Waals surface area contributed by atoms with Gasteiger partial charge in [-0.2, -0.15) is 19.2 Å². The minimum atomic E-state index is -0.306. The van der Waals surface area contributed by atoms with Gasteiger partial charge in [0, 0.05) is 4.88 Å². The van der Waals surface area contributed by atoms with Crippen molar-refractivity contribution in [1.82, 2.24) is 0 Å². The van der Waals surface area contributed by atoms with Gasteiger partial charge in [0.2, 0.25) is 0 Å². The van der Waals surface area contributed by atoms with Gasteiger partial charge in [0.1, 0.15) is 0 Å². The Morgan fingerprint density at radius 1 is 0.812 bits per heavy atom. The Kier molecular flexibility index (Phi) is 19.1. The van der Waals surface area contributed by atoms with Crippen LogP contribution in [0.2, 0.25) is 10.0 Å². The first kappa shape index (κ1) is 34.7. The van der Waals surface area contributed by atoms with E-state index in [-0.39, 0.29) is 63.8 Å². The quantitative estimate of drug-likeness (QED) is 0.331. The molecule has 0 aliphatic rings. The fraction of sp³-hybridized carbons (Fsp3) is 0.0526. The van der Waals surface area contributed by atoms with Gasteiger partial charge < -0.3 is 11.0 Å². The summed E-state index contributed by atoms with van der Waals surface area (Å²) in [6.07, 6.45) is 0.500. The molecule has 32 heavy (non-hydrogen) atoms. The van der Waals surface area contributed by atoms with Gasteiger partial charge in [-0.15, -0.1) is 22.7 Å². The zero-order valence-electron chi connectivity index (χ0n) is 16.5. The van der Waals surface area contributed by atoms with Crippen molar-refractivity contribution < 1.29 is 57.8 Å². The van der Waals surface area contributed by atoms with Crippen LogP contribution >= 0.6 is 45.9 Å². The molecule has 0 unspecified atom stereocenters. The van der Waals surface area contributed by atoms with E-state index in [2.05, 4.69) is 0 Å². The third kappa shape index (κ3) is 9.70. The van der Waals surface area contributed by atoms with Crippen molar-refractivity contribution in [1.29, 1.82) is 0 Å². The van der Waals surface area contributed by atoms with Gasteiger partial charge in [0.05, 0.1) is 19.4 Å². The number of aryl methyl sites for hydroxylation is 1. The Bertz CT molecular complexity index is 1180. The second-order valence-corrected chi connectivity index (χ2v) is 7.99. The molecular formula is C19H13Cl2F2LiO6S2. The Labute approximate surface area is 210 Å². The fourth-order valence-corrected chi connectivity index (χ4v) is 4.36. The van der Waals surface area contributed by atoms with E-state index in [1.807, 2.05) is 36.6 Å². The summed E-state index contributed by atoms with van der Waals surface area (Å²) in [4.78, 5) is 33.6. The molecule has 2 aromatic heterocycles. The average Bonchev–Trinajstić information content (AvgIpc) is 3.30. The van der Waals surface area contributed by atoms with Crippen LogP contribution in [0, 0.1) is 18.6 Å². The number of carbonyl (C=O) groups excluding carboxylic acids is 4. The molecule has 0 aliphatic heterocycles. The molecule has 0 amide bonds. The van der Waals surface area contributed by atoms with Gasteiger partial charge in [0.25, 0.3) is 0 Å². The second kappa shape index (κ2) is 17.6. The van der Waals surface area contributed by atoms with E-state index < -0.39 is 0 Å². The van der Waals surface area contributed by atoms with Crippen molar-refractivity contribution >= 4 is 78.4 Å². The van der Waals surface area contributed by atoms with Crippen LogP contribution < -0.4 is 18.9 Å². The number of thiophene rings is 2. The zero-order valence-corrected chi connectivity index (χ0v) is 19.6. The molecule has 2 aromatic carbocycles. The van der Waals surface area contributed by atoms with Crippen molar-refractivity contribution in [3.8, 4) is 0 Å². The van der Waals surface area contributed by atoms with E-state index in [0.29, 0.717) is 9.40 Å². The number of fused-ring (bicyclic) bond motifs is 2. The van der Waals surface area contributed by atoms with E-state index in [1.54, 1.807) is 12.1 Å². The minimum absolute atomic E-state index is 0. The number of hydrogen-bond donors (Lipinski definition) is 0. The zero-order chi connectivity index (χ0) is 22.0. The summed E-state index contributed by atoms with van der Waals surface area (Å²) in [6.45, 7) is 1.96. The number of rotatable bonds is 0. The molecule has 0 fully saturated rings. The van der Waals surface area contributed by atoms with Crippen molar-refractivity contribution in [2.45, 2.75) is 6.92 Å². The predicted octanol–water partition coefficient (Wildman–Crippen LogP) is 2.53. The third-order valence-electron chi connectivity index (χ3n) is 3.22. The van der Waals surface area contributed by atoms with Crippen molar-refractivity contribution in [2.24, 2.45) is 0 Å². The maximum absolute atomic E-state index is 13.3. The maximum Gasteiger partial charge on any atom is 1.00 e. The first-order valence-corrected chi connectivity index (χ1v) is 9.89. The Balaban J connectivity index is -0.000000394. The molecule has 166 valence electrons. The van der Waals surface area contributed by atoms with Crippen molar-refractivity contribution in [2.75, 3.05) is 0 Å². The van der Waals surface area contributed by atoms with Crippen LogP contribution in [0.1, 0.15) is 4.88 Å². The largest absolute Gasteiger partial charge is 1.00 e. The number of hydrogen-bond acceptors (Lipinski definition) is 7. The molecule has 0 radical (unpaired) electrons. The van der Waals surface area contributed by atoms with Crippen LogP contribution in [-0.4, -0.2) is 23.3 Å². The van der Waals surface area contributed by atoms with Gasteiger partial charge in [-0.1, -0.05) is 35.3 Å². The Morgan fingerprint density at radius 2 is 1.25 bits per heavy atom. The van der Waals surface area contributed by atoms with Gasteiger partial charge in [-0.25, -0.2) is 8.78 Å². The van der Waals surface area contributed by atoms with Crippen LogP contribution in [0.3, 0.4) is 0 Å². The summed E-state index contributed by atoms with van der Waals surface area (Å²) in [6, 6.07) is 10.7. The maximum atomic E-state index is 13.3. The van der Waals surface area contributed by atoms with Gasteiger partial charge in [-0.05, 0) is 47.3 Å². The van der Waals surface area contributed by atoms with E-state index >= 15 is 0 Å². The standard InChI is InChI=1S/C9H6ClFS.C8H4ClFS.2CO2.Li.2H2O/c1-5-4-6-2-3-7(10)8(11)9(6)12-5;9-6-2-1-5-3-4-11-8(5)7(6)10;2*2-1-3;;;/h2-4H,1H3;1-4H;;;;2*1H2/q;;;;+1;;/p-1. The first-order valence-electron chi connectivity index (χ1n) is 7.44. The van der Waals surface area contributed by atoms with E-state index in [9.17, 15) is 8.78 Å². The van der Waals surface area contributed by atoms with Crippen LogP contribution in [0.4, 0.5) is 8.78 Å². The molecule has 0 saturated heterocycles. The van der Waals surface area contributed by atoms with Crippen molar-refractivity contribution in [3.05, 3.63) is 68.3 Å². The summed E-state index contributed by atoms with van der Waals surface area (Å²) in [5, 5.41) is 4.09. The number of halogens is 4. The molecule has 3 N–H and O–H groups in total. The Hall–Kier alpha value is -1.92. The van der Waals surface area contributed by atoms with E-state index in [0.717, 1.165) is 15.6 Å². The summed E-state index contributed by atoms with van der Waals surface area (Å²) in [5.41, 5.74) is 0. The van der Waals surface area contributed by atoms with Crippen LogP contribution in [0.5, 0.6) is 0 Å². The smallest absolute Gasteiger partial charge is 0.870 e. The molecular weight excluding hydrogens is 504 g/mol. The molecule has 4 rings (SSSR count).